The van der Waals surface area contributed by atoms with E-state index in [-0.39, 0.29) is 5.56 Å². The average molecular weight is 253 g/mol. The summed E-state index contributed by atoms with van der Waals surface area (Å²) in [5.74, 6) is -0.350. The molecule has 0 fully saturated rings. The van der Waals surface area contributed by atoms with Crippen LogP contribution in [0.25, 0.3) is 17.0 Å². The zero-order valence-corrected chi connectivity index (χ0v) is 10.2. The number of aromatic nitrogens is 3. The minimum absolute atomic E-state index is 0.253. The van der Waals surface area contributed by atoms with Gasteiger partial charge in [0.2, 0.25) is 0 Å². The maximum atomic E-state index is 10.8. The van der Waals surface area contributed by atoms with Crippen LogP contribution in [0.5, 0.6) is 0 Å². The number of rotatable bonds is 2. The summed E-state index contributed by atoms with van der Waals surface area (Å²) in [4.78, 5) is 15.2. The van der Waals surface area contributed by atoms with Crippen LogP contribution in [0.1, 0.15) is 16.1 Å². The second kappa shape index (κ2) is 4.20. The Morgan fingerprint density at radius 2 is 1.89 bits per heavy atom. The fourth-order valence-electron chi connectivity index (χ4n) is 1.92. The van der Waals surface area contributed by atoms with Gasteiger partial charge in [0.05, 0.1) is 5.56 Å². The van der Waals surface area contributed by atoms with Crippen molar-refractivity contribution in [1.82, 2.24) is 14.6 Å². The molecule has 3 rings (SSSR count). The lowest BCUT2D eigenvalue weighted by atomic mass is 10.1. The quantitative estimate of drug-likeness (QED) is 0.761. The Morgan fingerprint density at radius 1 is 1.16 bits per heavy atom. The molecule has 5 heteroatoms. The molecular formula is C14H11N3O2. The van der Waals surface area contributed by atoms with E-state index in [4.69, 9.17) is 5.11 Å². The second-order valence-electron chi connectivity index (χ2n) is 4.26. The normalized spacial score (nSPS) is 10.8. The standard InChI is InChI=1S/C14H11N3O2/c1-9-3-2-4-12-15-13(16-17(9)12)10-5-7-11(8-6-10)14(18)19/h2-8H,1H3,(H,18,19). The average Bonchev–Trinajstić information content (AvgIpc) is 2.84. The molecule has 0 saturated heterocycles. The van der Waals surface area contributed by atoms with Gasteiger partial charge in [0.25, 0.3) is 0 Å². The minimum atomic E-state index is -0.939. The molecule has 2 aromatic heterocycles. The first kappa shape index (κ1) is 11.4. The third-order valence-corrected chi connectivity index (χ3v) is 2.94. The predicted octanol–water partition coefficient (Wildman–Crippen LogP) is 2.40. The Labute approximate surface area is 109 Å². The molecule has 0 aliphatic rings. The van der Waals surface area contributed by atoms with Gasteiger partial charge in [0, 0.05) is 11.3 Å². The van der Waals surface area contributed by atoms with Gasteiger partial charge >= 0.3 is 5.97 Å². The van der Waals surface area contributed by atoms with E-state index in [1.807, 2.05) is 25.1 Å². The Balaban J connectivity index is 2.09. The SMILES string of the molecule is Cc1cccc2nc(-c3ccc(C(=O)O)cc3)nn12. The third kappa shape index (κ3) is 1.95. The van der Waals surface area contributed by atoms with Crippen LogP contribution >= 0.6 is 0 Å². The van der Waals surface area contributed by atoms with E-state index in [1.54, 1.807) is 28.8 Å². The summed E-state index contributed by atoms with van der Waals surface area (Å²) in [6.07, 6.45) is 0. The number of carboxylic acids is 1. The number of carbonyl (C=O) groups is 1. The summed E-state index contributed by atoms with van der Waals surface area (Å²) in [5, 5.41) is 13.3. The Kier molecular flexibility index (Phi) is 2.52. The van der Waals surface area contributed by atoms with Gasteiger partial charge < -0.3 is 5.11 Å². The molecule has 0 aliphatic carbocycles. The van der Waals surface area contributed by atoms with Crippen molar-refractivity contribution in [2.75, 3.05) is 0 Å². The monoisotopic (exact) mass is 253 g/mol. The minimum Gasteiger partial charge on any atom is -0.478 e. The third-order valence-electron chi connectivity index (χ3n) is 2.94. The van der Waals surface area contributed by atoms with Gasteiger partial charge in [-0.25, -0.2) is 14.3 Å². The summed E-state index contributed by atoms with van der Waals surface area (Å²) in [5.41, 5.74) is 2.83. The van der Waals surface area contributed by atoms with Crippen molar-refractivity contribution < 1.29 is 9.90 Å². The van der Waals surface area contributed by atoms with Crippen molar-refractivity contribution in [2.24, 2.45) is 0 Å². The van der Waals surface area contributed by atoms with E-state index in [2.05, 4.69) is 10.1 Å². The van der Waals surface area contributed by atoms with Crippen molar-refractivity contribution in [3.8, 4) is 11.4 Å². The molecule has 0 bridgehead atoms. The molecule has 0 unspecified atom stereocenters. The van der Waals surface area contributed by atoms with E-state index < -0.39 is 5.97 Å². The maximum absolute atomic E-state index is 10.8. The van der Waals surface area contributed by atoms with Gasteiger partial charge in [-0.3, -0.25) is 0 Å². The molecule has 2 heterocycles. The largest absolute Gasteiger partial charge is 0.478 e. The lowest BCUT2D eigenvalue weighted by molar-refractivity contribution is 0.0697. The van der Waals surface area contributed by atoms with Crippen LogP contribution in [0.4, 0.5) is 0 Å². The molecule has 0 saturated carbocycles. The first-order chi connectivity index (χ1) is 9.15. The van der Waals surface area contributed by atoms with Crippen LogP contribution in [0, 0.1) is 6.92 Å². The number of aromatic carboxylic acids is 1. The number of aryl methyl sites for hydroxylation is 1. The van der Waals surface area contributed by atoms with E-state index in [0.717, 1.165) is 16.9 Å². The number of hydrogen-bond donors (Lipinski definition) is 1. The summed E-state index contributed by atoms with van der Waals surface area (Å²) >= 11 is 0. The highest BCUT2D eigenvalue weighted by Gasteiger charge is 2.08. The van der Waals surface area contributed by atoms with Crippen molar-refractivity contribution in [2.45, 2.75) is 6.92 Å². The van der Waals surface area contributed by atoms with Gasteiger partial charge in [0.1, 0.15) is 0 Å². The Hall–Kier alpha value is -2.69. The predicted molar refractivity (Wildman–Crippen MR) is 70.1 cm³/mol. The molecule has 19 heavy (non-hydrogen) atoms. The van der Waals surface area contributed by atoms with Gasteiger partial charge in [-0.2, -0.15) is 0 Å². The highest BCUT2D eigenvalue weighted by atomic mass is 16.4. The fraction of sp³-hybridized carbons (Fsp3) is 0.0714. The Bertz CT molecular complexity index is 760. The molecule has 0 spiro atoms. The highest BCUT2D eigenvalue weighted by molar-refractivity contribution is 5.88. The van der Waals surface area contributed by atoms with Gasteiger partial charge in [-0.05, 0) is 31.2 Å². The molecule has 0 radical (unpaired) electrons. The van der Waals surface area contributed by atoms with Crippen LogP contribution in [0.15, 0.2) is 42.5 Å². The number of pyridine rings is 1. The molecule has 1 N–H and O–H groups in total. The molecule has 1 aromatic carbocycles. The molecule has 0 amide bonds. The molecule has 0 aliphatic heterocycles. The molecule has 5 nitrogen and oxygen atoms in total. The number of hydrogen-bond acceptors (Lipinski definition) is 3. The fourth-order valence-corrected chi connectivity index (χ4v) is 1.92. The van der Waals surface area contributed by atoms with Crippen molar-refractivity contribution in [3.63, 3.8) is 0 Å². The number of nitrogens with zero attached hydrogens (tertiary/aromatic N) is 3. The zero-order chi connectivity index (χ0) is 13.4. The van der Waals surface area contributed by atoms with Crippen LogP contribution in [-0.2, 0) is 0 Å². The van der Waals surface area contributed by atoms with Crippen LogP contribution < -0.4 is 0 Å². The smallest absolute Gasteiger partial charge is 0.335 e. The van der Waals surface area contributed by atoms with Gasteiger partial charge in [-0.15, -0.1) is 5.10 Å². The van der Waals surface area contributed by atoms with Crippen LogP contribution in [0.3, 0.4) is 0 Å². The molecule has 0 atom stereocenters. The van der Waals surface area contributed by atoms with Crippen LogP contribution in [0.2, 0.25) is 0 Å². The van der Waals surface area contributed by atoms with Crippen molar-refractivity contribution >= 4 is 11.6 Å². The van der Waals surface area contributed by atoms with Gasteiger partial charge in [-0.1, -0.05) is 18.2 Å². The summed E-state index contributed by atoms with van der Waals surface area (Å²) in [7, 11) is 0. The van der Waals surface area contributed by atoms with Crippen molar-refractivity contribution in [3.05, 3.63) is 53.7 Å². The summed E-state index contributed by atoms with van der Waals surface area (Å²) in [6, 6.07) is 12.3. The zero-order valence-electron chi connectivity index (χ0n) is 10.2. The second-order valence-corrected chi connectivity index (χ2v) is 4.26. The maximum Gasteiger partial charge on any atom is 0.335 e. The first-order valence-electron chi connectivity index (χ1n) is 5.81. The van der Waals surface area contributed by atoms with Crippen molar-refractivity contribution in [1.29, 1.82) is 0 Å². The molecule has 3 aromatic rings. The molecule has 94 valence electrons. The number of benzene rings is 1. The first-order valence-corrected chi connectivity index (χ1v) is 5.81. The summed E-state index contributed by atoms with van der Waals surface area (Å²) < 4.78 is 1.76. The van der Waals surface area contributed by atoms with E-state index in [0.29, 0.717) is 5.82 Å². The highest BCUT2D eigenvalue weighted by Crippen LogP contribution is 2.17. The Morgan fingerprint density at radius 3 is 2.53 bits per heavy atom. The summed E-state index contributed by atoms with van der Waals surface area (Å²) in [6.45, 7) is 1.96. The van der Waals surface area contributed by atoms with E-state index >= 15 is 0 Å². The van der Waals surface area contributed by atoms with Crippen LogP contribution in [-0.4, -0.2) is 25.7 Å². The van der Waals surface area contributed by atoms with E-state index in [9.17, 15) is 4.79 Å². The number of carboxylic acid groups (broad SMARTS) is 1. The van der Waals surface area contributed by atoms with E-state index in [1.165, 1.54) is 0 Å². The van der Waals surface area contributed by atoms with Gasteiger partial charge in [0.15, 0.2) is 11.5 Å². The lowest BCUT2D eigenvalue weighted by Crippen LogP contribution is -1.95. The topological polar surface area (TPSA) is 67.5 Å². The lowest BCUT2D eigenvalue weighted by Gasteiger charge is -1.96. The number of fused-ring (bicyclic) bond motifs is 1. The molecular weight excluding hydrogens is 242 g/mol.